The fraction of sp³-hybridized carbons (Fsp3) is 0.389. The Balaban J connectivity index is 1.85. The van der Waals surface area contributed by atoms with Crippen molar-refractivity contribution in [2.75, 3.05) is 5.75 Å². The molecule has 1 aromatic heterocycles. The lowest BCUT2D eigenvalue weighted by Crippen LogP contribution is -2.05. The average molecular weight is 316 g/mol. The Labute approximate surface area is 134 Å². The van der Waals surface area contributed by atoms with Gasteiger partial charge in [-0.3, -0.25) is 4.79 Å². The predicted octanol–water partition coefficient (Wildman–Crippen LogP) is 4.89. The van der Waals surface area contributed by atoms with E-state index in [2.05, 4.69) is 39.0 Å². The first kappa shape index (κ1) is 14.9. The van der Waals surface area contributed by atoms with Crippen LogP contribution >= 0.6 is 23.1 Å². The summed E-state index contributed by atoms with van der Waals surface area (Å²) in [7, 11) is 0. The summed E-state index contributed by atoms with van der Waals surface area (Å²) in [6, 6.07) is 6.48. The summed E-state index contributed by atoms with van der Waals surface area (Å²) >= 11 is 3.68. The zero-order chi connectivity index (χ0) is 15.0. The fourth-order valence-electron chi connectivity index (χ4n) is 3.02. The van der Waals surface area contributed by atoms with Gasteiger partial charge in [-0.05, 0) is 61.3 Å². The minimum Gasteiger partial charge on any atom is -0.293 e. The van der Waals surface area contributed by atoms with E-state index in [0.29, 0.717) is 6.42 Å². The van der Waals surface area contributed by atoms with Crippen LogP contribution < -0.4 is 0 Å². The molecule has 110 valence electrons. The highest BCUT2D eigenvalue weighted by Gasteiger charge is 2.18. The molecule has 0 unspecified atom stereocenters. The molecule has 0 bridgehead atoms. The molecular weight excluding hydrogens is 296 g/mol. The lowest BCUT2D eigenvalue weighted by Gasteiger charge is -2.10. The molecule has 0 spiro atoms. The van der Waals surface area contributed by atoms with Crippen LogP contribution in [0.1, 0.15) is 42.4 Å². The minimum atomic E-state index is 0.273. The number of carbonyl (C=O) groups excluding carboxylic acids is 1. The van der Waals surface area contributed by atoms with Crippen LogP contribution in [0.5, 0.6) is 0 Å². The van der Waals surface area contributed by atoms with E-state index in [-0.39, 0.29) is 5.78 Å². The molecule has 1 aliphatic rings. The third-order valence-corrected chi connectivity index (χ3v) is 6.37. The van der Waals surface area contributed by atoms with Crippen molar-refractivity contribution in [2.45, 2.75) is 39.4 Å². The van der Waals surface area contributed by atoms with Crippen molar-refractivity contribution in [3.05, 3.63) is 55.8 Å². The molecule has 0 N–H and O–H groups in total. The summed E-state index contributed by atoms with van der Waals surface area (Å²) < 4.78 is 0. The first-order valence-electron chi connectivity index (χ1n) is 7.34. The van der Waals surface area contributed by atoms with Crippen molar-refractivity contribution in [1.29, 1.82) is 0 Å². The van der Waals surface area contributed by atoms with Gasteiger partial charge in [-0.1, -0.05) is 17.7 Å². The molecule has 0 aliphatic carbocycles. The SMILES string of the molecule is Cc1cc(C)c(CC(=O)c2cc3c(s2)CCSC3)c(C)c1. The summed E-state index contributed by atoms with van der Waals surface area (Å²) in [5, 5.41) is 0. The maximum atomic E-state index is 12.6. The van der Waals surface area contributed by atoms with Crippen molar-refractivity contribution in [1.82, 2.24) is 0 Å². The van der Waals surface area contributed by atoms with E-state index in [1.165, 1.54) is 38.4 Å². The van der Waals surface area contributed by atoms with Crippen molar-refractivity contribution < 1.29 is 4.79 Å². The van der Waals surface area contributed by atoms with Crippen LogP contribution in [0.15, 0.2) is 18.2 Å². The highest BCUT2D eigenvalue weighted by atomic mass is 32.2. The molecular formula is C18H20OS2. The highest BCUT2D eigenvalue weighted by molar-refractivity contribution is 7.98. The van der Waals surface area contributed by atoms with Crippen LogP contribution in [0, 0.1) is 20.8 Å². The van der Waals surface area contributed by atoms with Crippen LogP contribution in [-0.2, 0) is 18.6 Å². The Morgan fingerprint density at radius 2 is 1.86 bits per heavy atom. The predicted molar refractivity (Wildman–Crippen MR) is 92.9 cm³/mol. The number of thiophene rings is 1. The number of hydrogen-bond acceptors (Lipinski definition) is 3. The summed E-state index contributed by atoms with van der Waals surface area (Å²) in [5.41, 5.74) is 6.32. The third kappa shape index (κ3) is 3.09. The second kappa shape index (κ2) is 5.98. The van der Waals surface area contributed by atoms with Gasteiger partial charge in [0.2, 0.25) is 0 Å². The van der Waals surface area contributed by atoms with Crippen molar-refractivity contribution in [2.24, 2.45) is 0 Å². The largest absolute Gasteiger partial charge is 0.293 e. The number of fused-ring (bicyclic) bond motifs is 1. The summed E-state index contributed by atoms with van der Waals surface area (Å²) in [5.74, 6) is 2.54. The topological polar surface area (TPSA) is 17.1 Å². The Kier molecular flexibility index (Phi) is 4.23. The van der Waals surface area contributed by atoms with Crippen LogP contribution in [-0.4, -0.2) is 11.5 Å². The van der Waals surface area contributed by atoms with Gasteiger partial charge in [0.1, 0.15) is 0 Å². The number of hydrogen-bond donors (Lipinski definition) is 0. The van der Waals surface area contributed by atoms with Gasteiger partial charge in [0.15, 0.2) is 5.78 Å². The molecule has 21 heavy (non-hydrogen) atoms. The van der Waals surface area contributed by atoms with Crippen molar-refractivity contribution in [3.63, 3.8) is 0 Å². The molecule has 0 amide bonds. The van der Waals surface area contributed by atoms with Gasteiger partial charge in [-0.25, -0.2) is 0 Å². The maximum Gasteiger partial charge on any atom is 0.177 e. The Bertz CT molecular complexity index is 651. The van der Waals surface area contributed by atoms with E-state index in [1.54, 1.807) is 11.3 Å². The third-order valence-electron chi connectivity index (χ3n) is 4.08. The maximum absolute atomic E-state index is 12.6. The Morgan fingerprint density at radius 1 is 1.14 bits per heavy atom. The van der Waals surface area contributed by atoms with E-state index < -0.39 is 0 Å². The zero-order valence-electron chi connectivity index (χ0n) is 12.8. The van der Waals surface area contributed by atoms with Crippen LogP contribution in [0.3, 0.4) is 0 Å². The van der Waals surface area contributed by atoms with Crippen molar-refractivity contribution >= 4 is 28.9 Å². The molecule has 1 aliphatic heterocycles. The minimum absolute atomic E-state index is 0.273. The molecule has 3 heteroatoms. The molecule has 1 nitrogen and oxygen atoms in total. The van der Waals surface area contributed by atoms with E-state index in [0.717, 1.165) is 17.1 Å². The first-order valence-corrected chi connectivity index (χ1v) is 9.31. The van der Waals surface area contributed by atoms with Gasteiger partial charge in [0, 0.05) is 17.1 Å². The van der Waals surface area contributed by atoms with E-state index >= 15 is 0 Å². The lowest BCUT2D eigenvalue weighted by atomic mass is 9.95. The fourth-order valence-corrected chi connectivity index (χ4v) is 5.33. The number of aryl methyl sites for hydroxylation is 4. The van der Waals surface area contributed by atoms with Gasteiger partial charge in [0.05, 0.1) is 4.88 Å². The standard InChI is InChI=1S/C18H20OS2/c1-11-6-12(2)15(13(3)7-11)9-16(19)18-8-14-10-20-5-4-17(14)21-18/h6-8H,4-5,9-10H2,1-3H3. The van der Waals surface area contributed by atoms with Gasteiger partial charge in [0.25, 0.3) is 0 Å². The molecule has 0 atom stereocenters. The van der Waals surface area contributed by atoms with E-state index in [1.807, 2.05) is 11.8 Å². The number of thioether (sulfide) groups is 1. The Morgan fingerprint density at radius 3 is 2.52 bits per heavy atom. The van der Waals surface area contributed by atoms with Gasteiger partial charge in [-0.2, -0.15) is 11.8 Å². The summed E-state index contributed by atoms with van der Waals surface area (Å²) in [6.45, 7) is 6.33. The molecule has 0 saturated carbocycles. The molecule has 0 saturated heterocycles. The molecule has 2 aromatic rings. The van der Waals surface area contributed by atoms with Gasteiger partial charge < -0.3 is 0 Å². The smallest absolute Gasteiger partial charge is 0.177 e. The van der Waals surface area contributed by atoms with Gasteiger partial charge in [-0.15, -0.1) is 11.3 Å². The zero-order valence-corrected chi connectivity index (χ0v) is 14.4. The monoisotopic (exact) mass is 316 g/mol. The van der Waals surface area contributed by atoms with Crippen LogP contribution in [0.2, 0.25) is 0 Å². The van der Waals surface area contributed by atoms with E-state index in [4.69, 9.17) is 0 Å². The van der Waals surface area contributed by atoms with Crippen LogP contribution in [0.25, 0.3) is 0 Å². The second-order valence-electron chi connectivity index (χ2n) is 5.84. The lowest BCUT2D eigenvalue weighted by molar-refractivity contribution is 0.0996. The molecule has 2 heterocycles. The van der Waals surface area contributed by atoms with E-state index in [9.17, 15) is 4.79 Å². The number of Topliss-reactive ketones (excluding diaryl/α,β-unsaturated/α-hetero) is 1. The second-order valence-corrected chi connectivity index (χ2v) is 8.08. The number of ketones is 1. The molecule has 3 rings (SSSR count). The van der Waals surface area contributed by atoms with Gasteiger partial charge >= 0.3 is 0 Å². The normalized spacial score (nSPS) is 14.0. The molecule has 1 aromatic carbocycles. The summed E-state index contributed by atoms with van der Waals surface area (Å²) in [4.78, 5) is 15.0. The average Bonchev–Trinajstić information content (AvgIpc) is 2.86. The Hall–Kier alpha value is -1.06. The quantitative estimate of drug-likeness (QED) is 0.750. The number of carbonyl (C=O) groups is 1. The molecule has 0 radical (unpaired) electrons. The number of rotatable bonds is 3. The highest BCUT2D eigenvalue weighted by Crippen LogP contribution is 2.32. The summed E-state index contributed by atoms with van der Waals surface area (Å²) in [6.07, 6.45) is 1.66. The first-order chi connectivity index (χ1) is 10.0. The van der Waals surface area contributed by atoms with Crippen molar-refractivity contribution in [3.8, 4) is 0 Å². The molecule has 0 fully saturated rings. The van der Waals surface area contributed by atoms with Crippen LogP contribution in [0.4, 0.5) is 0 Å². The number of benzene rings is 1.